The van der Waals surface area contributed by atoms with Crippen molar-refractivity contribution < 1.29 is 33.7 Å². The van der Waals surface area contributed by atoms with Crippen LogP contribution < -0.4 is 14.4 Å². The van der Waals surface area contributed by atoms with Gasteiger partial charge in [0.2, 0.25) is 0 Å². The summed E-state index contributed by atoms with van der Waals surface area (Å²) in [7, 11) is 0. The fraction of sp³-hybridized carbons (Fsp3) is 0.267. The second kappa shape index (κ2) is 11.8. The molecule has 39 heavy (non-hydrogen) atoms. The maximum absolute atomic E-state index is 13.5. The predicted molar refractivity (Wildman–Crippen MR) is 145 cm³/mol. The normalized spacial score (nSPS) is 16.4. The van der Waals surface area contributed by atoms with Crippen LogP contribution in [-0.2, 0) is 14.3 Å². The Bertz CT molecular complexity index is 1400. The number of aromatic nitrogens is 1. The number of Topliss-reactive ketones (excluding diaryl/α,β-unsaturated/α-hetero) is 1. The molecular formula is C30H30N2O7. The lowest BCUT2D eigenvalue weighted by atomic mass is 9.95. The minimum atomic E-state index is -0.979. The number of esters is 1. The quantitative estimate of drug-likeness (QED) is 0.176. The van der Waals surface area contributed by atoms with E-state index in [1.807, 2.05) is 6.92 Å². The first kappa shape index (κ1) is 27.4. The number of anilines is 1. The lowest BCUT2D eigenvalue weighted by Gasteiger charge is -2.25. The summed E-state index contributed by atoms with van der Waals surface area (Å²) < 4.78 is 16.5. The molecule has 1 N–H and O–H groups in total. The van der Waals surface area contributed by atoms with Crippen LogP contribution in [-0.4, -0.2) is 47.1 Å². The molecule has 9 nitrogen and oxygen atoms in total. The number of hydrogen-bond donors (Lipinski definition) is 1. The molecule has 0 bridgehead atoms. The van der Waals surface area contributed by atoms with E-state index in [0.29, 0.717) is 41.5 Å². The van der Waals surface area contributed by atoms with E-state index in [1.165, 1.54) is 23.2 Å². The zero-order valence-corrected chi connectivity index (χ0v) is 22.2. The van der Waals surface area contributed by atoms with E-state index in [9.17, 15) is 19.5 Å². The minimum absolute atomic E-state index is 0.110. The Morgan fingerprint density at radius 2 is 1.74 bits per heavy atom. The van der Waals surface area contributed by atoms with Gasteiger partial charge in [0.15, 0.2) is 0 Å². The van der Waals surface area contributed by atoms with Crippen molar-refractivity contribution in [2.24, 2.45) is 0 Å². The summed E-state index contributed by atoms with van der Waals surface area (Å²) in [5, 5.41) is 11.5. The van der Waals surface area contributed by atoms with Crippen LogP contribution in [0.5, 0.6) is 11.5 Å². The molecule has 1 saturated heterocycles. The molecule has 0 saturated carbocycles. The van der Waals surface area contributed by atoms with Crippen molar-refractivity contribution in [3.63, 3.8) is 0 Å². The van der Waals surface area contributed by atoms with E-state index in [4.69, 9.17) is 14.2 Å². The Kier molecular flexibility index (Phi) is 8.29. The molecule has 1 aromatic heterocycles. The number of hydrogen-bond acceptors (Lipinski definition) is 8. The molecule has 1 aliphatic heterocycles. The van der Waals surface area contributed by atoms with Gasteiger partial charge in [0.1, 0.15) is 17.3 Å². The molecule has 1 fully saturated rings. The topological polar surface area (TPSA) is 115 Å². The van der Waals surface area contributed by atoms with Crippen molar-refractivity contribution in [3.8, 4) is 11.5 Å². The summed E-state index contributed by atoms with van der Waals surface area (Å²) in [4.78, 5) is 44.6. The van der Waals surface area contributed by atoms with Gasteiger partial charge in [-0.3, -0.25) is 19.5 Å². The van der Waals surface area contributed by atoms with Crippen LogP contribution in [0.15, 0.2) is 72.6 Å². The number of benzene rings is 2. The molecule has 4 rings (SSSR count). The van der Waals surface area contributed by atoms with E-state index in [1.54, 1.807) is 69.4 Å². The maximum Gasteiger partial charge on any atom is 0.338 e. The highest BCUT2D eigenvalue weighted by molar-refractivity contribution is 6.51. The Morgan fingerprint density at radius 3 is 2.36 bits per heavy atom. The summed E-state index contributed by atoms with van der Waals surface area (Å²) in [6.07, 6.45) is 2.82. The van der Waals surface area contributed by atoms with Gasteiger partial charge in [-0.05, 0) is 75.7 Å². The molecule has 1 unspecified atom stereocenters. The van der Waals surface area contributed by atoms with Crippen LogP contribution in [0.1, 0.15) is 55.2 Å². The molecule has 0 radical (unpaired) electrons. The number of carbonyl (C=O) groups excluding carboxylic acids is 3. The fourth-order valence-corrected chi connectivity index (χ4v) is 4.37. The summed E-state index contributed by atoms with van der Waals surface area (Å²) >= 11 is 0. The Hall–Kier alpha value is -4.66. The van der Waals surface area contributed by atoms with Gasteiger partial charge >= 0.3 is 5.97 Å². The molecule has 3 aromatic rings. The smallest absolute Gasteiger partial charge is 0.338 e. The van der Waals surface area contributed by atoms with E-state index >= 15 is 0 Å². The first-order valence-corrected chi connectivity index (χ1v) is 12.7. The van der Waals surface area contributed by atoms with E-state index < -0.39 is 23.7 Å². The van der Waals surface area contributed by atoms with Gasteiger partial charge in [-0.15, -0.1) is 0 Å². The molecule has 0 spiro atoms. The van der Waals surface area contributed by atoms with Crippen molar-refractivity contribution in [1.82, 2.24) is 4.98 Å². The fourth-order valence-electron chi connectivity index (χ4n) is 4.37. The number of amides is 1. The number of aliphatic hydroxyl groups excluding tert-OH is 1. The lowest BCUT2D eigenvalue weighted by Crippen LogP contribution is -2.29. The summed E-state index contributed by atoms with van der Waals surface area (Å²) in [5.74, 6) is -1.72. The van der Waals surface area contributed by atoms with Crippen LogP contribution >= 0.6 is 0 Å². The van der Waals surface area contributed by atoms with Crippen LogP contribution in [0.2, 0.25) is 0 Å². The summed E-state index contributed by atoms with van der Waals surface area (Å²) in [6, 6.07) is 13.5. The molecular weight excluding hydrogens is 500 g/mol. The van der Waals surface area contributed by atoms with Crippen LogP contribution in [0.3, 0.4) is 0 Å². The van der Waals surface area contributed by atoms with Gasteiger partial charge in [-0.25, -0.2) is 4.79 Å². The molecule has 1 atom stereocenters. The third kappa shape index (κ3) is 5.62. The number of rotatable bonds is 9. The Balaban J connectivity index is 1.85. The van der Waals surface area contributed by atoms with E-state index in [2.05, 4.69) is 4.98 Å². The monoisotopic (exact) mass is 530 g/mol. The molecule has 202 valence electrons. The van der Waals surface area contributed by atoms with Gasteiger partial charge in [0, 0.05) is 24.1 Å². The average Bonchev–Trinajstić information content (AvgIpc) is 3.19. The zero-order valence-electron chi connectivity index (χ0n) is 22.2. The maximum atomic E-state index is 13.5. The van der Waals surface area contributed by atoms with Gasteiger partial charge in [0.05, 0.1) is 42.1 Å². The first-order valence-electron chi connectivity index (χ1n) is 12.7. The standard InChI is InChI=1S/C30H30N2O7/c1-5-37-22-13-14-23(24(16-22)38-6-2)27(33)25-26(20-8-7-15-31-17-20)32(29(35)28(25)34)21-11-9-19(10-12-21)30(36)39-18(3)4/h7-18,26,33H,5-6H2,1-4H3/b27-25-. The molecule has 1 amide bonds. The second-order valence-electron chi connectivity index (χ2n) is 8.98. The van der Waals surface area contributed by atoms with Gasteiger partial charge in [-0.1, -0.05) is 6.07 Å². The number of ketones is 1. The minimum Gasteiger partial charge on any atom is -0.507 e. The molecule has 9 heteroatoms. The number of aliphatic hydroxyl groups is 1. The van der Waals surface area contributed by atoms with Gasteiger partial charge in [0.25, 0.3) is 11.7 Å². The van der Waals surface area contributed by atoms with Crippen molar-refractivity contribution in [3.05, 3.63) is 89.3 Å². The van der Waals surface area contributed by atoms with Crippen LogP contribution in [0.25, 0.3) is 5.76 Å². The molecule has 0 aliphatic carbocycles. The average molecular weight is 531 g/mol. The SMILES string of the molecule is CCOc1ccc(/C(O)=C2/C(=O)C(=O)N(c3ccc(C(=O)OC(C)C)cc3)C2c2cccnc2)c(OCC)c1. The molecule has 2 aromatic carbocycles. The van der Waals surface area contributed by atoms with E-state index in [0.717, 1.165) is 0 Å². The van der Waals surface area contributed by atoms with Crippen LogP contribution in [0, 0.1) is 0 Å². The largest absolute Gasteiger partial charge is 0.507 e. The summed E-state index contributed by atoms with van der Waals surface area (Å²) in [5.41, 5.74) is 1.33. The van der Waals surface area contributed by atoms with Crippen molar-refractivity contribution >= 4 is 29.1 Å². The van der Waals surface area contributed by atoms with Crippen LogP contribution in [0.4, 0.5) is 5.69 Å². The van der Waals surface area contributed by atoms with Crippen molar-refractivity contribution in [2.75, 3.05) is 18.1 Å². The lowest BCUT2D eigenvalue weighted by molar-refractivity contribution is -0.132. The Labute approximate surface area is 226 Å². The number of ether oxygens (including phenoxy) is 3. The van der Waals surface area contributed by atoms with Crippen molar-refractivity contribution in [2.45, 2.75) is 39.8 Å². The number of nitrogens with zero attached hydrogens (tertiary/aromatic N) is 2. The van der Waals surface area contributed by atoms with E-state index in [-0.39, 0.29) is 23.0 Å². The highest BCUT2D eigenvalue weighted by atomic mass is 16.5. The number of carbonyl (C=O) groups is 3. The third-order valence-corrected chi connectivity index (χ3v) is 5.99. The third-order valence-electron chi connectivity index (χ3n) is 5.99. The van der Waals surface area contributed by atoms with Crippen molar-refractivity contribution in [1.29, 1.82) is 0 Å². The Morgan fingerprint density at radius 1 is 1.03 bits per heavy atom. The first-order chi connectivity index (χ1) is 18.8. The number of pyridine rings is 1. The highest BCUT2D eigenvalue weighted by Crippen LogP contribution is 2.43. The summed E-state index contributed by atoms with van der Waals surface area (Å²) in [6.45, 7) is 7.90. The molecule has 2 heterocycles. The van der Waals surface area contributed by atoms with Gasteiger partial charge in [-0.2, -0.15) is 0 Å². The predicted octanol–water partition coefficient (Wildman–Crippen LogP) is 5.07. The highest BCUT2D eigenvalue weighted by Gasteiger charge is 2.47. The molecule has 1 aliphatic rings. The van der Waals surface area contributed by atoms with Gasteiger partial charge < -0.3 is 19.3 Å². The second-order valence-corrected chi connectivity index (χ2v) is 8.98. The zero-order chi connectivity index (χ0) is 28.1.